The summed E-state index contributed by atoms with van der Waals surface area (Å²) in [6.07, 6.45) is 8.71. The Kier molecular flexibility index (Phi) is 9.72. The maximum absolute atomic E-state index is 11.3. The van der Waals surface area contributed by atoms with Crippen LogP contribution in [-0.4, -0.2) is 73.1 Å². The maximum Gasteiger partial charge on any atom is 0.303 e. The average molecular weight is 423 g/mol. The quantitative estimate of drug-likeness (QED) is 0.243. The summed E-state index contributed by atoms with van der Waals surface area (Å²) in [7, 11) is 0. The van der Waals surface area contributed by atoms with Crippen LogP contribution in [0.25, 0.3) is 0 Å². The number of esters is 2. The summed E-state index contributed by atoms with van der Waals surface area (Å²) < 4.78 is 21.7. The number of oxime groups is 1. The van der Waals surface area contributed by atoms with Crippen molar-refractivity contribution in [1.82, 2.24) is 0 Å². The summed E-state index contributed by atoms with van der Waals surface area (Å²) in [4.78, 5) is 27.8. The van der Waals surface area contributed by atoms with Crippen LogP contribution in [0.4, 0.5) is 0 Å². The molecule has 2 aliphatic rings. The zero-order valence-corrected chi connectivity index (χ0v) is 17.2. The summed E-state index contributed by atoms with van der Waals surface area (Å²) in [5.41, 5.74) is 0. The van der Waals surface area contributed by atoms with Crippen molar-refractivity contribution in [1.29, 1.82) is 0 Å². The number of hydrogen-bond acceptors (Lipinski definition) is 9. The van der Waals surface area contributed by atoms with E-state index >= 15 is 0 Å². The molecule has 166 valence electrons. The lowest BCUT2D eigenvalue weighted by molar-refractivity contribution is -0.163. The molecule has 0 aromatic rings. The largest absolute Gasteiger partial charge is 0.463 e. The minimum Gasteiger partial charge on any atom is -0.463 e. The Morgan fingerprint density at radius 3 is 2.33 bits per heavy atom. The van der Waals surface area contributed by atoms with Crippen LogP contribution in [0, 0.1) is 0 Å². The van der Waals surface area contributed by atoms with Gasteiger partial charge in [0.15, 0.2) is 6.10 Å². The van der Waals surface area contributed by atoms with Gasteiger partial charge < -0.3 is 28.9 Å². The van der Waals surface area contributed by atoms with E-state index in [1.54, 1.807) is 24.4 Å². The first kappa shape index (κ1) is 23.8. The van der Waals surface area contributed by atoms with Crippen LogP contribution in [0.5, 0.6) is 0 Å². The van der Waals surface area contributed by atoms with Gasteiger partial charge in [0.1, 0.15) is 24.9 Å². The Morgan fingerprint density at radius 1 is 1.03 bits per heavy atom. The first-order chi connectivity index (χ1) is 14.4. The first-order valence-electron chi connectivity index (χ1n) is 9.80. The van der Waals surface area contributed by atoms with Gasteiger partial charge in [0.2, 0.25) is 0 Å². The molecule has 2 heterocycles. The number of hydrogen-bond donors (Lipinski definition) is 1. The normalized spacial score (nSPS) is 30.8. The predicted molar refractivity (Wildman–Crippen MR) is 108 cm³/mol. The van der Waals surface area contributed by atoms with Crippen molar-refractivity contribution >= 4 is 18.2 Å². The van der Waals surface area contributed by atoms with E-state index in [2.05, 4.69) is 11.7 Å². The van der Waals surface area contributed by atoms with Crippen molar-refractivity contribution < 1.29 is 38.5 Å². The fraction of sp³-hybridized carbons (Fsp3) is 0.571. The van der Waals surface area contributed by atoms with Gasteiger partial charge in [0.25, 0.3) is 0 Å². The fourth-order valence-electron chi connectivity index (χ4n) is 2.99. The third-order valence-electron chi connectivity index (χ3n) is 4.39. The van der Waals surface area contributed by atoms with Gasteiger partial charge in [-0.15, -0.1) is 6.58 Å². The van der Waals surface area contributed by atoms with Crippen LogP contribution in [0.3, 0.4) is 0 Å². The Morgan fingerprint density at radius 2 is 1.70 bits per heavy atom. The molecule has 9 heteroatoms. The molecule has 0 amide bonds. The summed E-state index contributed by atoms with van der Waals surface area (Å²) in [5, 5.41) is 13.4. The summed E-state index contributed by atoms with van der Waals surface area (Å²) in [6, 6.07) is 0. The lowest BCUT2D eigenvalue weighted by atomic mass is 10.1. The van der Waals surface area contributed by atoms with E-state index in [1.807, 2.05) is 12.2 Å². The van der Waals surface area contributed by atoms with Crippen LogP contribution in [-0.2, 0) is 33.4 Å². The number of aliphatic hydroxyl groups excluding tert-OH is 1. The van der Waals surface area contributed by atoms with Gasteiger partial charge in [-0.25, -0.2) is 0 Å². The highest BCUT2D eigenvalue weighted by molar-refractivity contribution is 5.67. The van der Waals surface area contributed by atoms with E-state index < -0.39 is 36.4 Å². The Labute approximate surface area is 175 Å². The molecule has 1 N–H and O–H groups in total. The highest BCUT2D eigenvalue weighted by atomic mass is 16.7. The predicted octanol–water partition coefficient (Wildman–Crippen LogP) is 1.46. The van der Waals surface area contributed by atoms with Crippen molar-refractivity contribution in [3.05, 3.63) is 37.0 Å². The topological polar surface area (TPSA) is 113 Å². The lowest BCUT2D eigenvalue weighted by Gasteiger charge is -2.31. The van der Waals surface area contributed by atoms with Gasteiger partial charge in [-0.2, -0.15) is 0 Å². The van der Waals surface area contributed by atoms with Crippen molar-refractivity contribution in [2.75, 3.05) is 13.2 Å². The first-order valence-corrected chi connectivity index (χ1v) is 9.80. The number of ether oxygens (including phenoxy) is 4. The monoisotopic (exact) mass is 423 g/mol. The Bertz CT molecular complexity index is 674. The molecule has 0 saturated heterocycles. The van der Waals surface area contributed by atoms with E-state index in [0.29, 0.717) is 12.8 Å². The van der Waals surface area contributed by atoms with E-state index in [4.69, 9.17) is 23.8 Å². The highest BCUT2D eigenvalue weighted by Crippen LogP contribution is 2.20. The van der Waals surface area contributed by atoms with Gasteiger partial charge in [-0.3, -0.25) is 9.59 Å². The third-order valence-corrected chi connectivity index (χ3v) is 4.39. The van der Waals surface area contributed by atoms with E-state index in [0.717, 1.165) is 0 Å². The van der Waals surface area contributed by atoms with Crippen molar-refractivity contribution in [3.8, 4) is 0 Å². The molecule has 0 aromatic heterocycles. The molecule has 9 nitrogen and oxygen atoms in total. The molecular formula is C21H29NO8. The molecule has 0 aromatic carbocycles. The molecule has 0 aliphatic carbocycles. The van der Waals surface area contributed by atoms with Crippen LogP contribution < -0.4 is 0 Å². The molecule has 2 aliphatic heterocycles. The second-order valence-corrected chi connectivity index (χ2v) is 6.87. The van der Waals surface area contributed by atoms with E-state index in [-0.39, 0.29) is 25.4 Å². The smallest absolute Gasteiger partial charge is 0.303 e. The van der Waals surface area contributed by atoms with Crippen LogP contribution in [0.1, 0.15) is 26.7 Å². The van der Waals surface area contributed by atoms with Crippen molar-refractivity contribution in [2.45, 2.75) is 63.3 Å². The van der Waals surface area contributed by atoms with Crippen LogP contribution in [0.15, 0.2) is 42.1 Å². The highest BCUT2D eigenvalue weighted by Gasteiger charge is 2.31. The molecule has 0 radical (unpaired) electrons. The molecule has 30 heavy (non-hydrogen) atoms. The molecular weight excluding hydrogens is 394 g/mol. The number of carbonyl (C=O) groups is 2. The summed E-state index contributed by atoms with van der Waals surface area (Å²) in [5.74, 6) is -0.899. The second kappa shape index (κ2) is 12.3. The fourth-order valence-corrected chi connectivity index (χ4v) is 2.99. The number of rotatable bonds is 10. The van der Waals surface area contributed by atoms with E-state index in [1.165, 1.54) is 13.8 Å². The maximum atomic E-state index is 11.3. The Hall–Kier alpha value is -2.49. The molecule has 0 unspecified atom stereocenters. The van der Waals surface area contributed by atoms with Gasteiger partial charge in [0, 0.05) is 26.5 Å². The second-order valence-electron chi connectivity index (χ2n) is 6.87. The molecule has 6 atom stereocenters. The van der Waals surface area contributed by atoms with Crippen LogP contribution in [0.2, 0.25) is 0 Å². The number of nitrogens with zero attached hydrogens (tertiary/aromatic N) is 1. The lowest BCUT2D eigenvalue weighted by Crippen LogP contribution is -2.41. The molecule has 2 rings (SSSR count). The SMILES string of the molecule is C=CC[C@@H]1C=C[C@H](O/N=C\C[C@@H]2C=C[C@H](OC(C)=O)[C@@H](COC(C)=O)O2)[C@@H](CO)O1. The van der Waals surface area contributed by atoms with Gasteiger partial charge in [0.05, 0.1) is 18.8 Å². The summed E-state index contributed by atoms with van der Waals surface area (Å²) >= 11 is 0. The van der Waals surface area contributed by atoms with Gasteiger partial charge in [-0.1, -0.05) is 23.4 Å². The molecule has 0 fully saturated rings. The van der Waals surface area contributed by atoms with Crippen LogP contribution >= 0.6 is 0 Å². The number of carbonyl (C=O) groups excluding carboxylic acids is 2. The standard InChI is InChI=1S/C21H29NO8/c1-4-5-16-7-9-19(20(12-23)28-16)30-22-11-10-17-6-8-18(27-15(3)25)21(29-17)13-26-14(2)24/h4,6-9,11,16-21,23H,1,5,10,12-13H2,2-3H3/b22-11-/t16-,17+,18+,19+,20-,21-/m1/s1. The summed E-state index contributed by atoms with van der Waals surface area (Å²) in [6.45, 7) is 6.05. The number of aliphatic hydroxyl groups is 1. The average Bonchev–Trinajstić information content (AvgIpc) is 2.71. The Balaban J connectivity index is 1.87. The molecule has 0 saturated carbocycles. The zero-order chi connectivity index (χ0) is 21.9. The minimum absolute atomic E-state index is 0.0317. The zero-order valence-electron chi connectivity index (χ0n) is 17.2. The third kappa shape index (κ3) is 7.74. The van der Waals surface area contributed by atoms with Gasteiger partial charge >= 0.3 is 11.9 Å². The minimum atomic E-state index is -0.635. The van der Waals surface area contributed by atoms with Crippen molar-refractivity contribution in [2.24, 2.45) is 5.16 Å². The van der Waals surface area contributed by atoms with E-state index in [9.17, 15) is 14.7 Å². The van der Waals surface area contributed by atoms with Crippen molar-refractivity contribution in [3.63, 3.8) is 0 Å². The molecule has 0 bridgehead atoms. The van der Waals surface area contributed by atoms with Gasteiger partial charge in [-0.05, 0) is 18.6 Å². The molecule has 0 spiro atoms.